The minimum Gasteiger partial charge on any atom is -0.308 e. The molecule has 3 nitrogen and oxygen atoms in total. The molecule has 0 spiro atoms. The molecule has 0 aliphatic rings. The average molecular weight is 355 g/mol. The number of nitrogens with one attached hydrogen (secondary N) is 1. The highest BCUT2D eigenvalue weighted by atomic mass is 35.5. The van der Waals surface area contributed by atoms with Crippen LogP contribution in [0.15, 0.2) is 36.5 Å². The monoisotopic (exact) mass is 354 g/mol. The number of hydrogen-bond donors (Lipinski definition) is 1. The number of pyridine rings is 1. The summed E-state index contributed by atoms with van der Waals surface area (Å²) in [5.74, 6) is 0.984. The predicted octanol–water partition coefficient (Wildman–Crippen LogP) is 4.96. The first-order chi connectivity index (χ1) is 10.5. The molecule has 0 aliphatic carbocycles. The summed E-state index contributed by atoms with van der Waals surface area (Å²) < 4.78 is 0. The molecule has 0 saturated carbocycles. The number of amides is 1. The third-order valence-corrected chi connectivity index (χ3v) is 4.86. The molecule has 0 saturated heterocycles. The van der Waals surface area contributed by atoms with Crippen LogP contribution in [0.1, 0.15) is 18.1 Å². The second kappa shape index (κ2) is 7.86. The van der Waals surface area contributed by atoms with E-state index in [1.807, 2.05) is 19.1 Å². The first-order valence-electron chi connectivity index (χ1n) is 6.75. The number of halogens is 2. The fraction of sp³-hybridized carbons (Fsp3) is 0.250. The van der Waals surface area contributed by atoms with Crippen LogP contribution in [0.3, 0.4) is 0 Å². The van der Waals surface area contributed by atoms with Gasteiger partial charge in [0.15, 0.2) is 5.82 Å². The lowest BCUT2D eigenvalue weighted by molar-refractivity contribution is -0.115. The summed E-state index contributed by atoms with van der Waals surface area (Å²) in [6, 6.07) is 9.71. The minimum absolute atomic E-state index is 0.129. The first kappa shape index (κ1) is 17.1. The molecular weight excluding hydrogens is 339 g/mol. The van der Waals surface area contributed by atoms with Crippen LogP contribution in [-0.2, 0) is 10.5 Å². The van der Waals surface area contributed by atoms with Gasteiger partial charge in [0.2, 0.25) is 5.91 Å². The quantitative estimate of drug-likeness (QED) is 0.825. The fourth-order valence-electron chi connectivity index (χ4n) is 1.79. The van der Waals surface area contributed by atoms with Gasteiger partial charge in [0, 0.05) is 11.9 Å². The molecule has 6 heteroatoms. The predicted molar refractivity (Wildman–Crippen MR) is 94.8 cm³/mol. The zero-order valence-electron chi connectivity index (χ0n) is 12.3. The first-order valence-corrected chi connectivity index (χ1v) is 8.56. The van der Waals surface area contributed by atoms with Crippen LogP contribution in [0.5, 0.6) is 0 Å². The van der Waals surface area contributed by atoms with Crippen molar-refractivity contribution in [2.45, 2.75) is 24.9 Å². The van der Waals surface area contributed by atoms with Crippen molar-refractivity contribution in [1.29, 1.82) is 0 Å². The molecule has 1 aromatic carbocycles. The zero-order valence-corrected chi connectivity index (χ0v) is 14.6. The van der Waals surface area contributed by atoms with Crippen molar-refractivity contribution in [3.05, 3.63) is 57.7 Å². The number of anilines is 1. The molecule has 1 atom stereocenters. The van der Waals surface area contributed by atoms with Crippen molar-refractivity contribution >= 4 is 46.7 Å². The molecule has 1 amide bonds. The molecule has 116 valence electrons. The lowest BCUT2D eigenvalue weighted by Crippen LogP contribution is -2.23. The van der Waals surface area contributed by atoms with E-state index in [0.29, 0.717) is 15.9 Å². The van der Waals surface area contributed by atoms with Gasteiger partial charge < -0.3 is 5.32 Å². The van der Waals surface area contributed by atoms with Crippen molar-refractivity contribution in [3.8, 4) is 0 Å². The van der Waals surface area contributed by atoms with E-state index in [1.54, 1.807) is 17.8 Å². The standard InChI is InChI=1S/C16H16Cl2N2OS/c1-10-5-3-4-6-12(10)9-22-11(2)16(21)20-15-14(18)7-13(17)8-19-15/h3-8,11H,9H2,1-2H3,(H,19,20,21). The number of carbonyl (C=O) groups is 1. The van der Waals surface area contributed by atoms with Crippen molar-refractivity contribution in [2.75, 3.05) is 5.32 Å². The number of hydrogen-bond acceptors (Lipinski definition) is 3. The molecule has 2 aromatic rings. The van der Waals surface area contributed by atoms with Gasteiger partial charge in [-0.15, -0.1) is 11.8 Å². The van der Waals surface area contributed by atoms with Gasteiger partial charge in [-0.05, 0) is 31.0 Å². The van der Waals surface area contributed by atoms with Crippen LogP contribution in [0, 0.1) is 6.92 Å². The number of carbonyl (C=O) groups excluding carboxylic acids is 1. The number of thioether (sulfide) groups is 1. The summed E-state index contributed by atoms with van der Waals surface area (Å²) in [6.07, 6.45) is 1.45. The van der Waals surface area contributed by atoms with Crippen LogP contribution < -0.4 is 5.32 Å². The molecule has 0 radical (unpaired) electrons. The van der Waals surface area contributed by atoms with Crippen molar-refractivity contribution in [3.63, 3.8) is 0 Å². The fourth-order valence-corrected chi connectivity index (χ4v) is 3.18. The average Bonchev–Trinajstić information content (AvgIpc) is 2.49. The summed E-state index contributed by atoms with van der Waals surface area (Å²) in [4.78, 5) is 16.2. The lowest BCUT2D eigenvalue weighted by atomic mass is 10.1. The minimum atomic E-state index is -0.215. The molecule has 1 unspecified atom stereocenters. The van der Waals surface area contributed by atoms with Gasteiger partial charge in [0.05, 0.1) is 15.3 Å². The van der Waals surface area contributed by atoms with E-state index in [0.717, 1.165) is 5.75 Å². The highest BCUT2D eigenvalue weighted by molar-refractivity contribution is 7.99. The van der Waals surface area contributed by atoms with Gasteiger partial charge in [-0.25, -0.2) is 4.98 Å². The summed E-state index contributed by atoms with van der Waals surface area (Å²) in [5, 5.41) is 3.28. The Morgan fingerprint density at radius 3 is 2.77 bits per heavy atom. The van der Waals surface area contributed by atoms with Crippen LogP contribution in [0.25, 0.3) is 0 Å². The zero-order chi connectivity index (χ0) is 16.1. The van der Waals surface area contributed by atoms with Gasteiger partial charge in [0.25, 0.3) is 0 Å². The summed E-state index contributed by atoms with van der Waals surface area (Å²) in [5.41, 5.74) is 2.46. The Kier molecular flexibility index (Phi) is 6.12. The topological polar surface area (TPSA) is 42.0 Å². The molecular formula is C16H16Cl2N2OS. The largest absolute Gasteiger partial charge is 0.308 e. The molecule has 1 aromatic heterocycles. The molecule has 0 aliphatic heterocycles. The SMILES string of the molecule is Cc1ccccc1CSC(C)C(=O)Nc1ncc(Cl)cc1Cl. The Balaban J connectivity index is 1.93. The van der Waals surface area contributed by atoms with Gasteiger partial charge in [-0.3, -0.25) is 4.79 Å². The van der Waals surface area contributed by atoms with Crippen LogP contribution in [0.4, 0.5) is 5.82 Å². The maximum absolute atomic E-state index is 12.2. The number of rotatable bonds is 5. The highest BCUT2D eigenvalue weighted by Crippen LogP contribution is 2.25. The Hall–Kier alpha value is -1.23. The van der Waals surface area contributed by atoms with Crippen LogP contribution >= 0.6 is 35.0 Å². The smallest absolute Gasteiger partial charge is 0.238 e. The van der Waals surface area contributed by atoms with E-state index in [1.165, 1.54) is 17.3 Å². The second-order valence-electron chi connectivity index (χ2n) is 4.85. The van der Waals surface area contributed by atoms with E-state index in [2.05, 4.69) is 29.4 Å². The van der Waals surface area contributed by atoms with E-state index in [4.69, 9.17) is 23.2 Å². The van der Waals surface area contributed by atoms with E-state index in [-0.39, 0.29) is 11.2 Å². The number of benzene rings is 1. The summed E-state index contributed by atoms with van der Waals surface area (Å²) in [6.45, 7) is 3.93. The van der Waals surface area contributed by atoms with Crippen molar-refractivity contribution < 1.29 is 4.79 Å². The van der Waals surface area contributed by atoms with Crippen molar-refractivity contribution in [2.24, 2.45) is 0 Å². The van der Waals surface area contributed by atoms with Crippen molar-refractivity contribution in [1.82, 2.24) is 4.98 Å². The summed E-state index contributed by atoms with van der Waals surface area (Å²) >= 11 is 13.4. The van der Waals surface area contributed by atoms with Gasteiger partial charge in [0.1, 0.15) is 0 Å². The Morgan fingerprint density at radius 2 is 2.09 bits per heavy atom. The lowest BCUT2D eigenvalue weighted by Gasteiger charge is -2.13. The summed E-state index contributed by atoms with van der Waals surface area (Å²) in [7, 11) is 0. The number of nitrogens with zero attached hydrogens (tertiary/aromatic N) is 1. The Morgan fingerprint density at radius 1 is 1.36 bits per heavy atom. The Bertz CT molecular complexity index is 679. The molecule has 1 N–H and O–H groups in total. The second-order valence-corrected chi connectivity index (χ2v) is 7.03. The molecule has 2 rings (SSSR count). The van der Waals surface area contributed by atoms with Crippen LogP contribution in [0.2, 0.25) is 10.0 Å². The molecule has 22 heavy (non-hydrogen) atoms. The number of aromatic nitrogens is 1. The normalized spacial score (nSPS) is 12.0. The number of aryl methyl sites for hydroxylation is 1. The van der Waals surface area contributed by atoms with Gasteiger partial charge >= 0.3 is 0 Å². The van der Waals surface area contributed by atoms with Gasteiger partial charge in [-0.2, -0.15) is 0 Å². The van der Waals surface area contributed by atoms with E-state index < -0.39 is 0 Å². The maximum atomic E-state index is 12.2. The van der Waals surface area contributed by atoms with E-state index >= 15 is 0 Å². The van der Waals surface area contributed by atoms with Gasteiger partial charge in [-0.1, -0.05) is 47.5 Å². The molecule has 0 bridgehead atoms. The van der Waals surface area contributed by atoms with E-state index in [9.17, 15) is 4.79 Å². The molecule has 0 fully saturated rings. The molecule has 1 heterocycles. The maximum Gasteiger partial charge on any atom is 0.238 e. The Labute approximate surface area is 144 Å². The highest BCUT2D eigenvalue weighted by Gasteiger charge is 2.16. The third kappa shape index (κ3) is 4.63. The third-order valence-electron chi connectivity index (χ3n) is 3.17. The van der Waals surface area contributed by atoms with Crippen LogP contribution in [-0.4, -0.2) is 16.1 Å².